The van der Waals surface area contributed by atoms with Gasteiger partial charge in [0.25, 0.3) is 0 Å². The van der Waals surface area contributed by atoms with Crippen molar-refractivity contribution in [1.82, 2.24) is 10.2 Å². The van der Waals surface area contributed by atoms with Crippen molar-refractivity contribution in [2.24, 2.45) is 5.92 Å². The van der Waals surface area contributed by atoms with Crippen LogP contribution in [0.3, 0.4) is 0 Å². The lowest BCUT2D eigenvalue weighted by Crippen LogP contribution is -2.42. The molecule has 0 radical (unpaired) electrons. The highest BCUT2D eigenvalue weighted by atomic mass is 35.5. The fourth-order valence-electron chi connectivity index (χ4n) is 4.46. The first-order chi connectivity index (χ1) is 12.7. The van der Waals surface area contributed by atoms with Gasteiger partial charge in [0.15, 0.2) is 0 Å². The molecule has 3 aliphatic heterocycles. The summed E-state index contributed by atoms with van der Waals surface area (Å²) in [4.78, 5) is 29.4. The van der Waals surface area contributed by atoms with Crippen LogP contribution in [-0.4, -0.2) is 55.0 Å². The van der Waals surface area contributed by atoms with Crippen molar-refractivity contribution in [3.05, 3.63) is 24.3 Å². The van der Waals surface area contributed by atoms with Crippen LogP contribution in [0.5, 0.6) is 5.75 Å². The van der Waals surface area contributed by atoms with E-state index in [4.69, 9.17) is 4.74 Å². The van der Waals surface area contributed by atoms with Crippen molar-refractivity contribution in [2.75, 3.05) is 31.1 Å². The van der Waals surface area contributed by atoms with Gasteiger partial charge in [-0.3, -0.25) is 9.59 Å². The molecule has 2 amide bonds. The smallest absolute Gasteiger partial charge is 0.228 e. The largest absolute Gasteiger partial charge is 0.492 e. The van der Waals surface area contributed by atoms with Crippen LogP contribution in [0, 0.1) is 5.92 Å². The number of hydrogen-bond acceptors (Lipinski definition) is 4. The van der Waals surface area contributed by atoms with Gasteiger partial charge in [0, 0.05) is 38.1 Å². The van der Waals surface area contributed by atoms with E-state index in [0.717, 1.165) is 31.6 Å². The molecule has 3 saturated heterocycles. The molecule has 148 valence electrons. The minimum atomic E-state index is -0.256. The van der Waals surface area contributed by atoms with Crippen molar-refractivity contribution in [1.29, 1.82) is 0 Å². The summed E-state index contributed by atoms with van der Waals surface area (Å²) < 4.78 is 5.66. The first-order valence-corrected chi connectivity index (χ1v) is 9.72. The summed E-state index contributed by atoms with van der Waals surface area (Å²) in [5.74, 6) is 0.579. The minimum absolute atomic E-state index is 0. The monoisotopic (exact) mass is 393 g/mol. The lowest BCUT2D eigenvalue weighted by molar-refractivity contribution is -0.136. The van der Waals surface area contributed by atoms with E-state index in [0.29, 0.717) is 31.0 Å². The Morgan fingerprint density at radius 2 is 1.96 bits per heavy atom. The third-order valence-electron chi connectivity index (χ3n) is 5.77. The fourth-order valence-corrected chi connectivity index (χ4v) is 4.46. The molecule has 4 rings (SSSR count). The molecule has 1 aromatic carbocycles. The van der Waals surface area contributed by atoms with E-state index in [9.17, 15) is 9.59 Å². The van der Waals surface area contributed by atoms with Crippen LogP contribution in [0.15, 0.2) is 24.3 Å². The van der Waals surface area contributed by atoms with E-state index >= 15 is 0 Å². The third-order valence-corrected chi connectivity index (χ3v) is 5.77. The molecule has 7 heteroatoms. The van der Waals surface area contributed by atoms with Crippen LogP contribution >= 0.6 is 12.4 Å². The summed E-state index contributed by atoms with van der Waals surface area (Å²) in [7, 11) is 0. The average Bonchev–Trinajstić information content (AvgIpc) is 3.17. The molecule has 0 spiro atoms. The van der Waals surface area contributed by atoms with Crippen LogP contribution in [-0.2, 0) is 9.59 Å². The number of ether oxygens (including phenoxy) is 1. The standard InChI is InChI=1S/C20H27N3O3.ClH/c1-2-26-18-6-4-3-5-17(18)23-12-14(11-19(23)24)20(25)22-10-9-15-7-8-16(13-22)21-15;/h3-6,14-16,21H,2,7-13H2,1H3;1H. The number of likely N-dealkylation sites (tertiary alicyclic amines) is 1. The van der Waals surface area contributed by atoms with E-state index < -0.39 is 0 Å². The van der Waals surface area contributed by atoms with Crippen LogP contribution in [0.25, 0.3) is 0 Å². The van der Waals surface area contributed by atoms with E-state index in [1.165, 1.54) is 6.42 Å². The molecule has 0 aliphatic carbocycles. The molecule has 3 heterocycles. The summed E-state index contributed by atoms with van der Waals surface area (Å²) in [5, 5.41) is 3.61. The van der Waals surface area contributed by atoms with Crippen molar-refractivity contribution in [2.45, 2.75) is 44.7 Å². The number of halogens is 1. The van der Waals surface area contributed by atoms with E-state index in [-0.39, 0.29) is 36.6 Å². The molecule has 6 nitrogen and oxygen atoms in total. The van der Waals surface area contributed by atoms with Gasteiger partial charge in [-0.25, -0.2) is 0 Å². The molecule has 1 aromatic rings. The Morgan fingerprint density at radius 1 is 1.19 bits per heavy atom. The van der Waals surface area contributed by atoms with Gasteiger partial charge in [-0.05, 0) is 38.3 Å². The van der Waals surface area contributed by atoms with Gasteiger partial charge in [0.2, 0.25) is 11.8 Å². The number of benzene rings is 1. The molecule has 3 atom stereocenters. The quantitative estimate of drug-likeness (QED) is 0.852. The van der Waals surface area contributed by atoms with Crippen molar-refractivity contribution < 1.29 is 14.3 Å². The number of anilines is 1. The van der Waals surface area contributed by atoms with Crippen LogP contribution in [0.1, 0.15) is 32.6 Å². The van der Waals surface area contributed by atoms with Gasteiger partial charge in [0.1, 0.15) is 5.75 Å². The highest BCUT2D eigenvalue weighted by Gasteiger charge is 2.40. The van der Waals surface area contributed by atoms with E-state index in [1.807, 2.05) is 36.1 Å². The maximum absolute atomic E-state index is 13.1. The summed E-state index contributed by atoms with van der Waals surface area (Å²) in [5.41, 5.74) is 0.770. The van der Waals surface area contributed by atoms with Crippen molar-refractivity contribution >= 4 is 29.9 Å². The molecule has 0 aromatic heterocycles. The molecule has 3 aliphatic rings. The van der Waals surface area contributed by atoms with Gasteiger partial charge in [-0.1, -0.05) is 12.1 Å². The zero-order chi connectivity index (χ0) is 18.1. The Balaban J connectivity index is 0.00000210. The zero-order valence-corrected chi connectivity index (χ0v) is 16.5. The maximum Gasteiger partial charge on any atom is 0.228 e. The maximum atomic E-state index is 13.1. The molecular formula is C20H28ClN3O3. The number of nitrogens with one attached hydrogen (secondary N) is 1. The van der Waals surface area contributed by atoms with Gasteiger partial charge in [-0.2, -0.15) is 0 Å². The fraction of sp³-hybridized carbons (Fsp3) is 0.600. The number of amides is 2. The number of rotatable bonds is 4. The Hall–Kier alpha value is -1.79. The second-order valence-electron chi connectivity index (χ2n) is 7.52. The summed E-state index contributed by atoms with van der Waals surface area (Å²) in [6.45, 7) is 4.49. The number of carbonyl (C=O) groups is 2. The topological polar surface area (TPSA) is 61.9 Å². The second-order valence-corrected chi connectivity index (χ2v) is 7.52. The predicted octanol–water partition coefficient (Wildman–Crippen LogP) is 2.21. The summed E-state index contributed by atoms with van der Waals surface area (Å²) in [6.07, 6.45) is 3.67. The lowest BCUT2D eigenvalue weighted by atomic mass is 10.0. The van der Waals surface area contributed by atoms with Gasteiger partial charge in [0.05, 0.1) is 18.2 Å². The van der Waals surface area contributed by atoms with Crippen LogP contribution < -0.4 is 15.0 Å². The molecule has 0 saturated carbocycles. The molecular weight excluding hydrogens is 366 g/mol. The SMILES string of the molecule is CCOc1ccccc1N1CC(C(=O)N2CCC3CCC(C2)N3)CC1=O.Cl. The van der Waals surface area contributed by atoms with Gasteiger partial charge >= 0.3 is 0 Å². The Labute approximate surface area is 166 Å². The number of hydrogen-bond donors (Lipinski definition) is 1. The van der Waals surface area contributed by atoms with Crippen LogP contribution in [0.2, 0.25) is 0 Å². The molecule has 27 heavy (non-hydrogen) atoms. The average molecular weight is 394 g/mol. The number of carbonyl (C=O) groups excluding carboxylic acids is 2. The Kier molecular flexibility index (Phi) is 6.27. The number of fused-ring (bicyclic) bond motifs is 2. The highest BCUT2D eigenvalue weighted by Crippen LogP contribution is 2.34. The zero-order valence-electron chi connectivity index (χ0n) is 15.7. The molecule has 1 N–H and O–H groups in total. The van der Waals surface area contributed by atoms with Crippen LogP contribution in [0.4, 0.5) is 5.69 Å². The lowest BCUT2D eigenvalue weighted by Gasteiger charge is -2.27. The molecule has 2 bridgehead atoms. The predicted molar refractivity (Wildman–Crippen MR) is 106 cm³/mol. The van der Waals surface area contributed by atoms with Gasteiger partial charge in [-0.15, -0.1) is 12.4 Å². The minimum Gasteiger partial charge on any atom is -0.492 e. The van der Waals surface area contributed by atoms with Crippen molar-refractivity contribution in [3.63, 3.8) is 0 Å². The van der Waals surface area contributed by atoms with E-state index in [1.54, 1.807) is 4.90 Å². The summed E-state index contributed by atoms with van der Waals surface area (Å²) in [6, 6.07) is 8.54. The number of nitrogens with zero attached hydrogens (tertiary/aromatic N) is 2. The summed E-state index contributed by atoms with van der Waals surface area (Å²) >= 11 is 0. The Morgan fingerprint density at radius 3 is 2.78 bits per heavy atom. The molecule has 3 fully saturated rings. The third kappa shape index (κ3) is 4.06. The van der Waals surface area contributed by atoms with Crippen molar-refractivity contribution in [3.8, 4) is 5.75 Å². The van der Waals surface area contributed by atoms with Gasteiger partial charge < -0.3 is 19.9 Å². The molecule has 3 unspecified atom stereocenters. The first-order valence-electron chi connectivity index (χ1n) is 9.72. The normalized spacial score (nSPS) is 27.3. The highest BCUT2D eigenvalue weighted by molar-refractivity contribution is 6.01. The second kappa shape index (κ2) is 8.48. The number of para-hydroxylation sites is 2. The van der Waals surface area contributed by atoms with E-state index in [2.05, 4.69) is 5.32 Å². The Bertz CT molecular complexity index is 699. The first kappa shape index (κ1) is 20.0.